The molecule has 130 valence electrons. The van der Waals surface area contributed by atoms with Gasteiger partial charge < -0.3 is 20.1 Å². The Hall–Kier alpha value is -1.10. The summed E-state index contributed by atoms with van der Waals surface area (Å²) in [4.78, 5) is 2.47. The Morgan fingerprint density at radius 2 is 1.96 bits per heavy atom. The molecule has 1 aromatic rings. The first-order valence-corrected chi connectivity index (χ1v) is 8.95. The van der Waals surface area contributed by atoms with Crippen molar-refractivity contribution in [1.82, 2.24) is 10.2 Å². The number of benzene rings is 1. The van der Waals surface area contributed by atoms with Crippen molar-refractivity contribution in [2.75, 3.05) is 32.8 Å². The average molecular weight is 320 g/mol. The highest BCUT2D eigenvalue weighted by atomic mass is 16.5. The highest BCUT2D eigenvalue weighted by Gasteiger charge is 2.18. The fourth-order valence-corrected chi connectivity index (χ4v) is 3.09. The van der Waals surface area contributed by atoms with Crippen LogP contribution in [0.2, 0.25) is 0 Å². The van der Waals surface area contributed by atoms with E-state index in [0.29, 0.717) is 25.1 Å². The molecular weight excluding hydrogens is 288 g/mol. The predicted molar refractivity (Wildman–Crippen MR) is 95.2 cm³/mol. The smallest absolute Gasteiger partial charge is 0.122 e. The standard InChI is InChI=1S/C19H32N2O2/c1-4-21-11-9-16(10-12-21)20-13-17(22)14-23-19-8-6-5-7-18(19)15(2)3/h5-8,15-17,20,22H,4,9-14H2,1-3H3. The molecule has 1 unspecified atom stereocenters. The lowest BCUT2D eigenvalue weighted by atomic mass is 10.0. The fraction of sp³-hybridized carbons (Fsp3) is 0.684. The van der Waals surface area contributed by atoms with E-state index in [4.69, 9.17) is 4.74 Å². The first-order chi connectivity index (χ1) is 11.1. The number of ether oxygens (including phenoxy) is 1. The van der Waals surface area contributed by atoms with Crippen LogP contribution in [0, 0.1) is 0 Å². The third-order valence-electron chi connectivity index (χ3n) is 4.65. The Bertz CT molecular complexity index is 456. The van der Waals surface area contributed by atoms with Gasteiger partial charge in [0, 0.05) is 12.6 Å². The summed E-state index contributed by atoms with van der Waals surface area (Å²) < 4.78 is 5.84. The number of rotatable bonds is 8. The van der Waals surface area contributed by atoms with Crippen molar-refractivity contribution in [3.63, 3.8) is 0 Å². The molecule has 0 amide bonds. The van der Waals surface area contributed by atoms with Gasteiger partial charge in [-0.1, -0.05) is 39.0 Å². The van der Waals surface area contributed by atoms with E-state index >= 15 is 0 Å². The van der Waals surface area contributed by atoms with Crippen molar-refractivity contribution in [2.45, 2.75) is 51.7 Å². The molecule has 0 spiro atoms. The van der Waals surface area contributed by atoms with Gasteiger partial charge in [0.1, 0.15) is 18.5 Å². The van der Waals surface area contributed by atoms with Crippen LogP contribution in [0.4, 0.5) is 0 Å². The molecule has 0 aromatic heterocycles. The molecule has 1 heterocycles. The van der Waals surface area contributed by atoms with E-state index in [-0.39, 0.29) is 0 Å². The van der Waals surface area contributed by atoms with E-state index in [2.05, 4.69) is 37.1 Å². The van der Waals surface area contributed by atoms with Gasteiger partial charge in [-0.15, -0.1) is 0 Å². The molecule has 1 saturated heterocycles. The van der Waals surface area contributed by atoms with Crippen LogP contribution in [0.5, 0.6) is 5.75 Å². The van der Waals surface area contributed by atoms with E-state index in [9.17, 15) is 5.11 Å². The summed E-state index contributed by atoms with van der Waals surface area (Å²) in [6.07, 6.45) is 1.86. The Kier molecular flexibility index (Phi) is 7.34. The summed E-state index contributed by atoms with van der Waals surface area (Å²) >= 11 is 0. The van der Waals surface area contributed by atoms with Crippen LogP contribution in [0.1, 0.15) is 45.1 Å². The molecule has 1 atom stereocenters. The Morgan fingerprint density at radius 3 is 2.61 bits per heavy atom. The maximum atomic E-state index is 10.2. The molecule has 4 heteroatoms. The number of aliphatic hydroxyl groups excluding tert-OH is 1. The van der Waals surface area contributed by atoms with Gasteiger partial charge in [-0.3, -0.25) is 0 Å². The molecule has 2 rings (SSSR count). The molecule has 23 heavy (non-hydrogen) atoms. The summed E-state index contributed by atoms with van der Waals surface area (Å²) in [6.45, 7) is 10.9. The highest BCUT2D eigenvalue weighted by Crippen LogP contribution is 2.25. The van der Waals surface area contributed by atoms with Gasteiger partial charge in [0.25, 0.3) is 0 Å². The molecule has 1 aliphatic rings. The SMILES string of the molecule is CCN1CCC(NCC(O)COc2ccccc2C(C)C)CC1. The number of piperidine rings is 1. The minimum atomic E-state index is -0.473. The zero-order valence-electron chi connectivity index (χ0n) is 14.8. The van der Waals surface area contributed by atoms with Crippen LogP contribution >= 0.6 is 0 Å². The van der Waals surface area contributed by atoms with Crippen LogP contribution in [0.3, 0.4) is 0 Å². The minimum absolute atomic E-state index is 0.338. The molecule has 0 bridgehead atoms. The predicted octanol–water partition coefficient (Wildman–Crippen LogP) is 2.62. The van der Waals surface area contributed by atoms with Crippen molar-refractivity contribution in [3.05, 3.63) is 29.8 Å². The Morgan fingerprint density at radius 1 is 1.26 bits per heavy atom. The van der Waals surface area contributed by atoms with Crippen LogP contribution in [-0.4, -0.2) is 54.9 Å². The van der Waals surface area contributed by atoms with Crippen LogP contribution in [-0.2, 0) is 0 Å². The number of hydrogen-bond acceptors (Lipinski definition) is 4. The monoisotopic (exact) mass is 320 g/mol. The summed E-state index contributed by atoms with van der Waals surface area (Å²) in [6, 6.07) is 8.61. The van der Waals surface area contributed by atoms with E-state index in [0.717, 1.165) is 38.2 Å². The van der Waals surface area contributed by atoms with E-state index < -0.39 is 6.10 Å². The quantitative estimate of drug-likeness (QED) is 0.773. The third-order valence-corrected chi connectivity index (χ3v) is 4.65. The number of aliphatic hydroxyl groups is 1. The lowest BCUT2D eigenvalue weighted by Gasteiger charge is -2.32. The second-order valence-corrected chi connectivity index (χ2v) is 6.77. The molecule has 1 aromatic carbocycles. The average Bonchev–Trinajstić information content (AvgIpc) is 2.58. The normalized spacial score (nSPS) is 18.3. The molecule has 1 fully saturated rings. The van der Waals surface area contributed by atoms with Crippen LogP contribution < -0.4 is 10.1 Å². The summed E-state index contributed by atoms with van der Waals surface area (Å²) in [5, 5.41) is 13.7. The topological polar surface area (TPSA) is 44.7 Å². The zero-order chi connectivity index (χ0) is 16.7. The van der Waals surface area contributed by atoms with Crippen molar-refractivity contribution < 1.29 is 9.84 Å². The van der Waals surface area contributed by atoms with E-state index in [1.807, 2.05) is 18.2 Å². The van der Waals surface area contributed by atoms with Gasteiger partial charge >= 0.3 is 0 Å². The molecule has 0 aliphatic carbocycles. The molecular formula is C19H32N2O2. The van der Waals surface area contributed by atoms with Crippen molar-refractivity contribution >= 4 is 0 Å². The van der Waals surface area contributed by atoms with Crippen molar-refractivity contribution in [2.24, 2.45) is 0 Å². The molecule has 0 saturated carbocycles. The van der Waals surface area contributed by atoms with Crippen LogP contribution in [0.25, 0.3) is 0 Å². The Labute approximate surface area is 140 Å². The largest absolute Gasteiger partial charge is 0.491 e. The van der Waals surface area contributed by atoms with Gasteiger partial charge in [-0.25, -0.2) is 0 Å². The Balaban J connectivity index is 1.70. The number of hydrogen-bond donors (Lipinski definition) is 2. The first-order valence-electron chi connectivity index (χ1n) is 8.95. The molecule has 2 N–H and O–H groups in total. The molecule has 0 radical (unpaired) electrons. The lowest BCUT2D eigenvalue weighted by molar-refractivity contribution is 0.0981. The van der Waals surface area contributed by atoms with Crippen molar-refractivity contribution in [3.8, 4) is 5.75 Å². The zero-order valence-corrected chi connectivity index (χ0v) is 14.8. The van der Waals surface area contributed by atoms with Gasteiger partial charge in [-0.2, -0.15) is 0 Å². The molecule has 1 aliphatic heterocycles. The number of nitrogens with one attached hydrogen (secondary N) is 1. The van der Waals surface area contributed by atoms with Crippen LogP contribution in [0.15, 0.2) is 24.3 Å². The number of likely N-dealkylation sites (tertiary alicyclic amines) is 1. The lowest BCUT2D eigenvalue weighted by Crippen LogP contribution is -2.45. The summed E-state index contributed by atoms with van der Waals surface area (Å²) in [5.41, 5.74) is 1.19. The van der Waals surface area contributed by atoms with Gasteiger partial charge in [-0.05, 0) is 50.0 Å². The van der Waals surface area contributed by atoms with Gasteiger partial charge in [0.15, 0.2) is 0 Å². The van der Waals surface area contributed by atoms with Gasteiger partial charge in [0.2, 0.25) is 0 Å². The summed E-state index contributed by atoms with van der Waals surface area (Å²) in [5.74, 6) is 1.31. The second kappa shape index (κ2) is 9.26. The molecule has 4 nitrogen and oxygen atoms in total. The van der Waals surface area contributed by atoms with E-state index in [1.165, 1.54) is 5.56 Å². The minimum Gasteiger partial charge on any atom is -0.491 e. The number of para-hydroxylation sites is 1. The van der Waals surface area contributed by atoms with E-state index in [1.54, 1.807) is 0 Å². The first kappa shape index (κ1) is 18.2. The highest BCUT2D eigenvalue weighted by molar-refractivity contribution is 5.35. The third kappa shape index (κ3) is 5.79. The van der Waals surface area contributed by atoms with Crippen molar-refractivity contribution in [1.29, 1.82) is 0 Å². The maximum absolute atomic E-state index is 10.2. The maximum Gasteiger partial charge on any atom is 0.122 e. The fourth-order valence-electron chi connectivity index (χ4n) is 3.09. The number of nitrogens with zero attached hydrogens (tertiary/aromatic N) is 1. The summed E-state index contributed by atoms with van der Waals surface area (Å²) in [7, 11) is 0. The van der Waals surface area contributed by atoms with Gasteiger partial charge in [0.05, 0.1) is 0 Å². The second-order valence-electron chi connectivity index (χ2n) is 6.77.